The summed E-state index contributed by atoms with van der Waals surface area (Å²) >= 11 is 0. The first kappa shape index (κ1) is 14.5. The zero-order valence-electron chi connectivity index (χ0n) is 11.8. The topological polar surface area (TPSA) is 93.0 Å². The Hall–Kier alpha value is -2.88. The van der Waals surface area contributed by atoms with E-state index in [4.69, 9.17) is 16.9 Å². The predicted molar refractivity (Wildman–Crippen MR) is 85.1 cm³/mol. The molecule has 0 saturated carbocycles. The SMILES string of the molecule is Cc1ccc(C(=N)C=C(N)c2ccccc2C(N)=O)cc1. The van der Waals surface area contributed by atoms with Crippen molar-refractivity contribution in [2.45, 2.75) is 6.92 Å². The number of aryl methyl sites for hydroxylation is 1. The molecule has 0 fully saturated rings. The smallest absolute Gasteiger partial charge is 0.249 e. The van der Waals surface area contributed by atoms with Crippen LogP contribution in [0.15, 0.2) is 54.6 Å². The lowest BCUT2D eigenvalue weighted by Crippen LogP contribution is -2.15. The van der Waals surface area contributed by atoms with E-state index in [1.54, 1.807) is 24.3 Å². The molecule has 2 rings (SSSR count). The molecule has 106 valence electrons. The molecule has 0 bridgehead atoms. The molecule has 0 aliphatic carbocycles. The van der Waals surface area contributed by atoms with Crippen molar-refractivity contribution in [2.75, 3.05) is 0 Å². The van der Waals surface area contributed by atoms with Gasteiger partial charge >= 0.3 is 0 Å². The van der Waals surface area contributed by atoms with Crippen LogP contribution in [0.5, 0.6) is 0 Å². The van der Waals surface area contributed by atoms with E-state index in [2.05, 4.69) is 0 Å². The Morgan fingerprint density at radius 3 is 2.14 bits per heavy atom. The standard InChI is InChI=1S/C17H17N3O/c1-11-6-8-12(9-7-11)15(18)10-16(19)13-4-2-3-5-14(13)17(20)21/h2-10,18H,19H2,1H3,(H2,20,21). The zero-order valence-corrected chi connectivity index (χ0v) is 11.8. The lowest BCUT2D eigenvalue weighted by atomic mass is 10.0. The van der Waals surface area contributed by atoms with Crippen molar-refractivity contribution in [1.29, 1.82) is 5.41 Å². The van der Waals surface area contributed by atoms with Gasteiger partial charge in [-0.25, -0.2) is 0 Å². The molecule has 4 nitrogen and oxygen atoms in total. The second-order valence-corrected chi connectivity index (χ2v) is 4.79. The van der Waals surface area contributed by atoms with Crippen LogP contribution in [0.4, 0.5) is 0 Å². The van der Waals surface area contributed by atoms with Gasteiger partial charge in [0, 0.05) is 16.8 Å². The van der Waals surface area contributed by atoms with E-state index in [-0.39, 0.29) is 5.71 Å². The van der Waals surface area contributed by atoms with Gasteiger partial charge in [0.05, 0.1) is 5.71 Å². The number of hydrogen-bond donors (Lipinski definition) is 3. The van der Waals surface area contributed by atoms with Gasteiger partial charge in [-0.15, -0.1) is 0 Å². The van der Waals surface area contributed by atoms with Crippen LogP contribution in [0.2, 0.25) is 0 Å². The van der Waals surface area contributed by atoms with Crippen molar-refractivity contribution in [3.63, 3.8) is 0 Å². The molecule has 0 spiro atoms. The summed E-state index contributed by atoms with van der Waals surface area (Å²) in [5, 5.41) is 8.09. The molecule has 0 heterocycles. The highest BCUT2D eigenvalue weighted by molar-refractivity contribution is 6.11. The maximum atomic E-state index is 11.4. The summed E-state index contributed by atoms with van der Waals surface area (Å²) in [5.41, 5.74) is 14.8. The van der Waals surface area contributed by atoms with Crippen molar-refractivity contribution in [1.82, 2.24) is 0 Å². The Morgan fingerprint density at radius 1 is 1.00 bits per heavy atom. The van der Waals surface area contributed by atoms with E-state index in [0.717, 1.165) is 11.1 Å². The largest absolute Gasteiger partial charge is 0.398 e. The highest BCUT2D eigenvalue weighted by Crippen LogP contribution is 2.16. The highest BCUT2D eigenvalue weighted by Gasteiger charge is 2.10. The van der Waals surface area contributed by atoms with Gasteiger partial charge in [-0.1, -0.05) is 48.0 Å². The van der Waals surface area contributed by atoms with Crippen LogP contribution in [0, 0.1) is 12.3 Å². The number of carbonyl (C=O) groups excluding carboxylic acids is 1. The normalized spacial score (nSPS) is 11.2. The lowest BCUT2D eigenvalue weighted by molar-refractivity contribution is 0.1000. The fourth-order valence-electron chi connectivity index (χ4n) is 2.00. The van der Waals surface area contributed by atoms with Crippen molar-refractivity contribution in [3.05, 3.63) is 76.9 Å². The van der Waals surface area contributed by atoms with Gasteiger partial charge in [-0.3, -0.25) is 4.79 Å². The Labute approximate surface area is 123 Å². The summed E-state index contributed by atoms with van der Waals surface area (Å²) in [6.07, 6.45) is 1.53. The van der Waals surface area contributed by atoms with Crippen LogP contribution >= 0.6 is 0 Å². The van der Waals surface area contributed by atoms with E-state index in [9.17, 15) is 4.79 Å². The number of nitrogens with one attached hydrogen (secondary N) is 1. The average Bonchev–Trinajstić information content (AvgIpc) is 2.47. The van der Waals surface area contributed by atoms with Crippen LogP contribution in [-0.2, 0) is 0 Å². The molecule has 1 amide bonds. The number of hydrogen-bond acceptors (Lipinski definition) is 3. The minimum Gasteiger partial charge on any atom is -0.398 e. The van der Waals surface area contributed by atoms with Crippen LogP contribution < -0.4 is 11.5 Å². The summed E-state index contributed by atoms with van der Waals surface area (Å²) in [4.78, 5) is 11.4. The summed E-state index contributed by atoms with van der Waals surface area (Å²) in [5.74, 6) is -0.538. The van der Waals surface area contributed by atoms with E-state index >= 15 is 0 Å². The number of nitrogens with two attached hydrogens (primary N) is 2. The van der Waals surface area contributed by atoms with Crippen molar-refractivity contribution in [3.8, 4) is 0 Å². The minimum absolute atomic E-state index is 0.284. The second-order valence-electron chi connectivity index (χ2n) is 4.79. The third-order valence-corrected chi connectivity index (χ3v) is 3.17. The second kappa shape index (κ2) is 6.05. The Bertz CT molecular complexity index is 715. The van der Waals surface area contributed by atoms with Crippen LogP contribution in [-0.4, -0.2) is 11.6 Å². The molecule has 0 atom stereocenters. The van der Waals surface area contributed by atoms with Crippen molar-refractivity contribution < 1.29 is 4.79 Å². The average molecular weight is 279 g/mol. The molecule has 0 saturated heterocycles. The fourth-order valence-corrected chi connectivity index (χ4v) is 2.00. The van der Waals surface area contributed by atoms with Crippen molar-refractivity contribution in [2.24, 2.45) is 11.5 Å². The van der Waals surface area contributed by atoms with Crippen LogP contribution in [0.1, 0.15) is 27.0 Å². The Kier molecular flexibility index (Phi) is 4.18. The first-order valence-electron chi connectivity index (χ1n) is 6.51. The van der Waals surface area contributed by atoms with E-state index in [0.29, 0.717) is 16.8 Å². The van der Waals surface area contributed by atoms with E-state index < -0.39 is 5.91 Å². The molecule has 0 radical (unpaired) electrons. The molecule has 21 heavy (non-hydrogen) atoms. The first-order valence-corrected chi connectivity index (χ1v) is 6.51. The van der Waals surface area contributed by atoms with Crippen molar-refractivity contribution >= 4 is 17.3 Å². The number of allylic oxidation sites excluding steroid dienone is 1. The highest BCUT2D eigenvalue weighted by atomic mass is 16.1. The Balaban J connectivity index is 2.35. The molecule has 0 unspecified atom stereocenters. The minimum atomic E-state index is -0.538. The molecule has 0 aliphatic rings. The molecule has 5 N–H and O–H groups in total. The van der Waals surface area contributed by atoms with E-state index in [1.807, 2.05) is 31.2 Å². The maximum Gasteiger partial charge on any atom is 0.249 e. The lowest BCUT2D eigenvalue weighted by Gasteiger charge is -2.07. The van der Waals surface area contributed by atoms with Gasteiger partial charge in [0.15, 0.2) is 0 Å². The third kappa shape index (κ3) is 3.36. The Morgan fingerprint density at radius 2 is 1.57 bits per heavy atom. The molecular formula is C17H17N3O. The van der Waals surface area contributed by atoms with Gasteiger partial charge in [-0.05, 0) is 24.6 Å². The number of primary amides is 1. The number of carbonyl (C=O) groups is 1. The number of benzene rings is 2. The zero-order chi connectivity index (χ0) is 15.4. The van der Waals surface area contributed by atoms with Crippen LogP contribution in [0.25, 0.3) is 5.70 Å². The monoisotopic (exact) mass is 279 g/mol. The van der Waals surface area contributed by atoms with Gasteiger partial charge < -0.3 is 16.9 Å². The summed E-state index contributed by atoms with van der Waals surface area (Å²) < 4.78 is 0. The van der Waals surface area contributed by atoms with Crippen LogP contribution in [0.3, 0.4) is 0 Å². The molecule has 2 aromatic rings. The van der Waals surface area contributed by atoms with Gasteiger partial charge in [0.25, 0.3) is 0 Å². The molecule has 0 aromatic heterocycles. The molecular weight excluding hydrogens is 262 g/mol. The summed E-state index contributed by atoms with van der Waals surface area (Å²) in [6, 6.07) is 14.4. The summed E-state index contributed by atoms with van der Waals surface area (Å²) in [7, 11) is 0. The maximum absolute atomic E-state index is 11.4. The van der Waals surface area contributed by atoms with Gasteiger partial charge in [-0.2, -0.15) is 0 Å². The fraction of sp³-hybridized carbons (Fsp3) is 0.0588. The van der Waals surface area contributed by atoms with Gasteiger partial charge in [0.2, 0.25) is 5.91 Å². The third-order valence-electron chi connectivity index (χ3n) is 3.17. The molecule has 2 aromatic carbocycles. The predicted octanol–water partition coefficient (Wildman–Crippen LogP) is 2.46. The van der Waals surface area contributed by atoms with Gasteiger partial charge in [0.1, 0.15) is 0 Å². The molecule has 4 heteroatoms. The van der Waals surface area contributed by atoms with E-state index in [1.165, 1.54) is 6.08 Å². The number of rotatable bonds is 4. The molecule has 0 aliphatic heterocycles. The quantitative estimate of drug-likeness (QED) is 0.750. The summed E-state index contributed by atoms with van der Waals surface area (Å²) in [6.45, 7) is 1.99. The first-order chi connectivity index (χ1) is 9.99. The number of amides is 1.